The third-order valence-corrected chi connectivity index (χ3v) is 2.76. The van der Waals surface area contributed by atoms with Crippen molar-refractivity contribution in [3.05, 3.63) is 47.5 Å². The average Bonchev–Trinajstić information content (AvgIpc) is 2.70. The first-order chi connectivity index (χ1) is 7.79. The maximum Gasteiger partial charge on any atom is 0.265 e. The highest BCUT2D eigenvalue weighted by Crippen LogP contribution is 2.13. The van der Waals surface area contributed by atoms with Crippen LogP contribution in [0.4, 0.5) is 0 Å². The summed E-state index contributed by atoms with van der Waals surface area (Å²) >= 11 is 6.10. The number of nitrogens with zero attached hydrogens (tertiary/aromatic N) is 3. The average molecular weight is 237 g/mol. The van der Waals surface area contributed by atoms with Crippen molar-refractivity contribution in [2.45, 2.75) is 26.4 Å². The van der Waals surface area contributed by atoms with Gasteiger partial charge in [-0.05, 0) is 12.5 Å². The van der Waals surface area contributed by atoms with Crippen molar-refractivity contribution in [3.8, 4) is 0 Å². The topological polar surface area (TPSA) is 21.7 Å². The molecule has 0 radical (unpaired) electrons. The minimum absolute atomic E-state index is 0.767. The Labute approximate surface area is 100 Å². The highest BCUT2D eigenvalue weighted by Gasteiger charge is 2.07. The smallest absolute Gasteiger partial charge is 0.233 e. The molecule has 2 rings (SSSR count). The Balaban J connectivity index is 2.11. The molecule has 2 aromatic rings. The van der Waals surface area contributed by atoms with Crippen LogP contribution in [0.1, 0.15) is 18.9 Å². The number of rotatable bonds is 4. The summed E-state index contributed by atoms with van der Waals surface area (Å²) in [5.41, 5.74) is 1.12. The van der Waals surface area contributed by atoms with Gasteiger partial charge in [-0.2, -0.15) is 0 Å². The zero-order valence-corrected chi connectivity index (χ0v) is 10.1. The highest BCUT2D eigenvalue weighted by atomic mass is 35.5. The molecular formula is C12H15ClN3+. The number of aryl methyl sites for hydroxylation is 1. The number of halogens is 1. The summed E-state index contributed by atoms with van der Waals surface area (Å²) in [6.07, 6.45) is 4.93. The summed E-state index contributed by atoms with van der Waals surface area (Å²) < 4.78 is 3.98. The van der Waals surface area contributed by atoms with Gasteiger partial charge in [0.15, 0.2) is 0 Å². The Bertz CT molecular complexity index is 465. The van der Waals surface area contributed by atoms with E-state index < -0.39 is 0 Å². The second-order valence-corrected chi connectivity index (χ2v) is 4.18. The number of aromatic nitrogens is 3. The minimum Gasteiger partial charge on any atom is -0.233 e. The van der Waals surface area contributed by atoms with Crippen LogP contribution in [-0.4, -0.2) is 9.78 Å². The summed E-state index contributed by atoms with van der Waals surface area (Å²) in [6, 6.07) is 7.88. The van der Waals surface area contributed by atoms with Crippen LogP contribution < -0.4 is 4.57 Å². The molecule has 1 aromatic heterocycles. The normalized spacial score (nSPS) is 10.6. The zero-order chi connectivity index (χ0) is 11.4. The summed E-state index contributed by atoms with van der Waals surface area (Å²) in [4.78, 5) is 0. The second-order valence-electron chi connectivity index (χ2n) is 3.77. The van der Waals surface area contributed by atoms with Gasteiger partial charge in [-0.25, -0.2) is 4.57 Å². The second kappa shape index (κ2) is 5.12. The van der Waals surface area contributed by atoms with Crippen molar-refractivity contribution in [2.75, 3.05) is 0 Å². The standard InChI is InChI=1S/C12H15ClN3/c1-2-7-16-10-15(9-14-16)8-11-5-3-4-6-12(11)13/h3-6,9-10H,2,7-8H2,1H3/q+1. The summed E-state index contributed by atoms with van der Waals surface area (Å²) in [5, 5.41) is 5.07. The lowest BCUT2D eigenvalue weighted by Gasteiger charge is -2.00. The third kappa shape index (κ3) is 2.61. The molecule has 3 nitrogen and oxygen atoms in total. The van der Waals surface area contributed by atoms with E-state index in [0.717, 1.165) is 30.1 Å². The Morgan fingerprint density at radius 1 is 1.38 bits per heavy atom. The van der Waals surface area contributed by atoms with Crippen LogP contribution in [0.3, 0.4) is 0 Å². The Hall–Kier alpha value is -1.35. The van der Waals surface area contributed by atoms with Gasteiger partial charge in [0.05, 0.1) is 6.54 Å². The number of benzene rings is 1. The van der Waals surface area contributed by atoms with Crippen molar-refractivity contribution < 1.29 is 4.57 Å². The predicted octanol–water partition coefficient (Wildman–Crippen LogP) is 2.28. The molecule has 0 saturated carbocycles. The van der Waals surface area contributed by atoms with E-state index in [2.05, 4.69) is 12.0 Å². The Morgan fingerprint density at radius 2 is 2.19 bits per heavy atom. The molecular weight excluding hydrogens is 222 g/mol. The van der Waals surface area contributed by atoms with E-state index in [1.54, 1.807) is 0 Å². The van der Waals surface area contributed by atoms with Gasteiger partial charge in [0.2, 0.25) is 6.33 Å². The minimum atomic E-state index is 0.767. The summed E-state index contributed by atoms with van der Waals surface area (Å²) in [7, 11) is 0. The van der Waals surface area contributed by atoms with E-state index in [1.807, 2.05) is 46.2 Å². The van der Waals surface area contributed by atoms with Gasteiger partial charge in [0.25, 0.3) is 6.33 Å². The van der Waals surface area contributed by atoms with Crippen LogP contribution >= 0.6 is 11.6 Å². The number of hydrogen-bond donors (Lipinski definition) is 0. The summed E-state index contributed by atoms with van der Waals surface area (Å²) in [6.45, 7) is 3.86. The van der Waals surface area contributed by atoms with Crippen molar-refractivity contribution in [1.82, 2.24) is 9.78 Å². The lowest BCUT2D eigenvalue weighted by atomic mass is 10.2. The predicted molar refractivity (Wildman–Crippen MR) is 63.3 cm³/mol. The van der Waals surface area contributed by atoms with Crippen LogP contribution in [0.2, 0.25) is 5.02 Å². The van der Waals surface area contributed by atoms with Gasteiger partial charge in [-0.1, -0.05) is 36.7 Å². The molecule has 0 atom stereocenters. The first-order valence-electron chi connectivity index (χ1n) is 5.44. The van der Waals surface area contributed by atoms with Crippen molar-refractivity contribution in [2.24, 2.45) is 0 Å². The van der Waals surface area contributed by atoms with E-state index in [0.29, 0.717) is 0 Å². The zero-order valence-electron chi connectivity index (χ0n) is 9.31. The molecule has 16 heavy (non-hydrogen) atoms. The maximum absolute atomic E-state index is 6.10. The van der Waals surface area contributed by atoms with Gasteiger partial charge in [-0.3, -0.25) is 0 Å². The van der Waals surface area contributed by atoms with Crippen LogP contribution in [0.5, 0.6) is 0 Å². The van der Waals surface area contributed by atoms with Crippen LogP contribution in [-0.2, 0) is 13.1 Å². The lowest BCUT2D eigenvalue weighted by molar-refractivity contribution is -0.689. The van der Waals surface area contributed by atoms with Gasteiger partial charge < -0.3 is 0 Å². The van der Waals surface area contributed by atoms with Crippen LogP contribution in [0, 0.1) is 0 Å². The van der Waals surface area contributed by atoms with Crippen molar-refractivity contribution >= 4 is 11.6 Å². The van der Waals surface area contributed by atoms with Crippen LogP contribution in [0.25, 0.3) is 0 Å². The molecule has 84 valence electrons. The quantitative estimate of drug-likeness (QED) is 0.747. The van der Waals surface area contributed by atoms with Gasteiger partial charge in [0, 0.05) is 15.7 Å². The molecule has 0 N–H and O–H groups in total. The monoisotopic (exact) mass is 236 g/mol. The SMILES string of the molecule is CCCn1c[n+](Cc2ccccc2Cl)cn1. The molecule has 0 fully saturated rings. The van der Waals surface area contributed by atoms with E-state index in [1.165, 1.54) is 0 Å². The lowest BCUT2D eigenvalue weighted by Crippen LogP contribution is -2.31. The molecule has 0 amide bonds. The molecule has 0 spiro atoms. The van der Waals surface area contributed by atoms with E-state index >= 15 is 0 Å². The third-order valence-electron chi connectivity index (χ3n) is 2.39. The van der Waals surface area contributed by atoms with Crippen molar-refractivity contribution in [3.63, 3.8) is 0 Å². The van der Waals surface area contributed by atoms with Gasteiger partial charge in [0.1, 0.15) is 6.54 Å². The fourth-order valence-corrected chi connectivity index (χ4v) is 1.81. The highest BCUT2D eigenvalue weighted by molar-refractivity contribution is 6.31. The van der Waals surface area contributed by atoms with E-state index in [-0.39, 0.29) is 0 Å². The fraction of sp³-hybridized carbons (Fsp3) is 0.333. The van der Waals surface area contributed by atoms with Gasteiger partial charge >= 0.3 is 0 Å². The van der Waals surface area contributed by atoms with Crippen LogP contribution in [0.15, 0.2) is 36.9 Å². The molecule has 0 aliphatic carbocycles. The first-order valence-corrected chi connectivity index (χ1v) is 5.82. The fourth-order valence-electron chi connectivity index (χ4n) is 1.61. The molecule has 0 bridgehead atoms. The molecule has 0 aliphatic heterocycles. The molecule has 1 heterocycles. The van der Waals surface area contributed by atoms with E-state index in [4.69, 9.17) is 11.6 Å². The largest absolute Gasteiger partial charge is 0.265 e. The Kier molecular flexibility index (Phi) is 3.57. The first kappa shape index (κ1) is 11.1. The van der Waals surface area contributed by atoms with E-state index in [9.17, 15) is 0 Å². The Morgan fingerprint density at radius 3 is 2.94 bits per heavy atom. The van der Waals surface area contributed by atoms with Gasteiger partial charge in [-0.15, -0.1) is 4.68 Å². The number of hydrogen-bond acceptors (Lipinski definition) is 1. The molecule has 1 aromatic carbocycles. The van der Waals surface area contributed by atoms with Crippen molar-refractivity contribution in [1.29, 1.82) is 0 Å². The molecule has 4 heteroatoms. The maximum atomic E-state index is 6.10. The molecule has 0 saturated heterocycles. The summed E-state index contributed by atoms with van der Waals surface area (Å²) in [5.74, 6) is 0. The molecule has 0 aliphatic rings. The molecule has 0 unspecified atom stereocenters.